The minimum absolute atomic E-state index is 0.0304. The van der Waals surface area contributed by atoms with E-state index in [4.69, 9.17) is 14.1 Å². The number of hydrogen-bond acceptors (Lipinski definition) is 6. The van der Waals surface area contributed by atoms with Gasteiger partial charge in [0.2, 0.25) is 5.89 Å². The molecule has 0 N–H and O–H groups in total. The van der Waals surface area contributed by atoms with Crippen LogP contribution in [0.1, 0.15) is 33.4 Å². The van der Waals surface area contributed by atoms with E-state index in [2.05, 4.69) is 10.1 Å². The minimum Gasteiger partial charge on any atom is -0.452 e. The molecule has 3 heterocycles. The van der Waals surface area contributed by atoms with Crippen LogP contribution in [-0.4, -0.2) is 25.7 Å². The summed E-state index contributed by atoms with van der Waals surface area (Å²) in [4.78, 5) is 21.9. The molecule has 28 heavy (non-hydrogen) atoms. The maximum Gasteiger partial charge on any atom is 0.339 e. The second-order valence-electron chi connectivity index (χ2n) is 6.65. The number of ether oxygens (including phenoxy) is 1. The summed E-state index contributed by atoms with van der Waals surface area (Å²) >= 11 is 0. The van der Waals surface area contributed by atoms with Crippen molar-refractivity contribution in [2.24, 2.45) is 7.05 Å². The number of rotatable bonds is 4. The number of carbonyl (C=O) groups is 1. The molecule has 0 aliphatic heterocycles. The van der Waals surface area contributed by atoms with Crippen LogP contribution in [0.3, 0.4) is 0 Å². The van der Waals surface area contributed by atoms with Crippen molar-refractivity contribution in [2.75, 3.05) is 0 Å². The van der Waals surface area contributed by atoms with E-state index in [-0.39, 0.29) is 6.61 Å². The van der Waals surface area contributed by atoms with Crippen LogP contribution < -0.4 is 0 Å². The van der Waals surface area contributed by atoms with E-state index < -0.39 is 5.97 Å². The Labute approximate surface area is 162 Å². The van der Waals surface area contributed by atoms with Crippen molar-refractivity contribution in [1.82, 2.24) is 19.7 Å². The largest absolute Gasteiger partial charge is 0.452 e. The molecule has 0 fully saturated rings. The number of fused-ring (bicyclic) bond motifs is 1. The van der Waals surface area contributed by atoms with Crippen molar-refractivity contribution in [2.45, 2.75) is 27.4 Å². The van der Waals surface area contributed by atoms with Crippen LogP contribution in [0.4, 0.5) is 0 Å². The van der Waals surface area contributed by atoms with Crippen LogP contribution in [0.25, 0.3) is 22.3 Å². The second kappa shape index (κ2) is 6.92. The van der Waals surface area contributed by atoms with Crippen LogP contribution >= 0.6 is 0 Å². The molecule has 0 aliphatic carbocycles. The van der Waals surface area contributed by atoms with Crippen molar-refractivity contribution < 1.29 is 13.9 Å². The Hall–Kier alpha value is -3.48. The molecule has 0 spiro atoms. The summed E-state index contributed by atoms with van der Waals surface area (Å²) in [5, 5.41) is 5.10. The molecule has 0 atom stereocenters. The topological polar surface area (TPSA) is 83.0 Å². The average Bonchev–Trinajstić information content (AvgIpc) is 3.17. The van der Waals surface area contributed by atoms with Crippen molar-refractivity contribution in [3.05, 3.63) is 65.0 Å². The Balaban J connectivity index is 1.74. The molecule has 0 radical (unpaired) electrons. The smallest absolute Gasteiger partial charge is 0.339 e. The van der Waals surface area contributed by atoms with Gasteiger partial charge in [-0.25, -0.2) is 14.8 Å². The molecule has 3 aromatic heterocycles. The number of aryl methyl sites for hydroxylation is 4. The maximum atomic E-state index is 12.9. The maximum absolute atomic E-state index is 12.9. The third kappa shape index (κ3) is 3.15. The summed E-state index contributed by atoms with van der Waals surface area (Å²) in [7, 11) is 1.81. The number of aromatic nitrogens is 4. The molecule has 0 bridgehead atoms. The summed E-state index contributed by atoms with van der Waals surface area (Å²) in [6.07, 6.45) is 0. The van der Waals surface area contributed by atoms with Crippen LogP contribution in [0.5, 0.6) is 0 Å². The summed E-state index contributed by atoms with van der Waals surface area (Å²) in [6, 6.07) is 11.4. The predicted molar refractivity (Wildman–Crippen MR) is 104 cm³/mol. The monoisotopic (exact) mass is 376 g/mol. The van der Waals surface area contributed by atoms with Gasteiger partial charge in [0.25, 0.3) is 0 Å². The number of nitrogens with zero attached hydrogens (tertiary/aromatic N) is 4. The molecular formula is C21H20N4O3. The molecule has 7 heteroatoms. The van der Waals surface area contributed by atoms with Gasteiger partial charge in [0.05, 0.1) is 28.0 Å². The number of oxazole rings is 1. The van der Waals surface area contributed by atoms with Gasteiger partial charge in [-0.05, 0) is 26.8 Å². The highest BCUT2D eigenvalue weighted by Crippen LogP contribution is 2.27. The quantitative estimate of drug-likeness (QED) is 0.502. The molecule has 0 unspecified atom stereocenters. The van der Waals surface area contributed by atoms with Crippen molar-refractivity contribution >= 4 is 17.0 Å². The zero-order valence-corrected chi connectivity index (χ0v) is 16.2. The highest BCUT2D eigenvalue weighted by Gasteiger charge is 2.21. The van der Waals surface area contributed by atoms with Crippen LogP contribution in [0.15, 0.2) is 40.8 Å². The molecule has 0 amide bonds. The number of pyridine rings is 1. The van der Waals surface area contributed by atoms with E-state index in [1.165, 1.54) is 0 Å². The van der Waals surface area contributed by atoms with E-state index in [1.54, 1.807) is 10.7 Å². The van der Waals surface area contributed by atoms with Gasteiger partial charge in [0, 0.05) is 12.6 Å². The number of benzene rings is 1. The molecule has 1 aromatic carbocycles. The van der Waals surface area contributed by atoms with Crippen LogP contribution in [0.2, 0.25) is 0 Å². The van der Waals surface area contributed by atoms with Gasteiger partial charge in [-0.3, -0.25) is 4.68 Å². The van der Waals surface area contributed by atoms with Gasteiger partial charge in [0.15, 0.2) is 12.3 Å². The lowest BCUT2D eigenvalue weighted by atomic mass is 10.1. The Kier molecular flexibility index (Phi) is 4.43. The Morgan fingerprint density at radius 3 is 2.54 bits per heavy atom. The number of carbonyl (C=O) groups excluding carboxylic acids is 1. The molecule has 0 saturated heterocycles. The first-order chi connectivity index (χ1) is 13.4. The lowest BCUT2D eigenvalue weighted by Gasteiger charge is -2.08. The van der Waals surface area contributed by atoms with E-state index in [9.17, 15) is 4.79 Å². The molecule has 4 aromatic rings. The third-order valence-electron chi connectivity index (χ3n) is 4.66. The van der Waals surface area contributed by atoms with Crippen LogP contribution in [0, 0.1) is 20.8 Å². The second-order valence-corrected chi connectivity index (χ2v) is 6.65. The first-order valence-electron chi connectivity index (χ1n) is 8.94. The first kappa shape index (κ1) is 17.9. The highest BCUT2D eigenvalue weighted by atomic mass is 16.5. The summed E-state index contributed by atoms with van der Waals surface area (Å²) in [6.45, 7) is 5.49. The van der Waals surface area contributed by atoms with Crippen molar-refractivity contribution in [3.63, 3.8) is 0 Å². The van der Waals surface area contributed by atoms with Crippen molar-refractivity contribution in [1.29, 1.82) is 0 Å². The van der Waals surface area contributed by atoms with E-state index in [0.29, 0.717) is 33.9 Å². The van der Waals surface area contributed by atoms with Gasteiger partial charge < -0.3 is 9.15 Å². The van der Waals surface area contributed by atoms with Gasteiger partial charge >= 0.3 is 5.97 Å². The van der Waals surface area contributed by atoms with E-state index in [0.717, 1.165) is 17.0 Å². The molecule has 4 rings (SSSR count). The van der Waals surface area contributed by atoms with Gasteiger partial charge in [-0.15, -0.1) is 0 Å². The van der Waals surface area contributed by atoms with Gasteiger partial charge in [0.1, 0.15) is 5.76 Å². The number of hydrogen-bond donors (Lipinski definition) is 0. The lowest BCUT2D eigenvalue weighted by Crippen LogP contribution is -2.08. The standard InChI is InChI=1S/C21H20N4O3/c1-12-14(3)28-18(22-12)11-27-21(26)16-10-17(15-8-6-5-7-9-15)23-20-19(16)13(2)24-25(20)4/h5-10H,11H2,1-4H3. The highest BCUT2D eigenvalue weighted by molar-refractivity contribution is 6.04. The molecule has 0 saturated carbocycles. The Morgan fingerprint density at radius 2 is 1.86 bits per heavy atom. The SMILES string of the molecule is Cc1nc(COC(=O)c2cc(-c3ccccc3)nc3c2c(C)nn3C)oc1C. The van der Waals surface area contributed by atoms with E-state index >= 15 is 0 Å². The van der Waals surface area contributed by atoms with E-state index in [1.807, 2.05) is 58.2 Å². The Morgan fingerprint density at radius 1 is 1.11 bits per heavy atom. The molecular weight excluding hydrogens is 356 g/mol. The summed E-state index contributed by atoms with van der Waals surface area (Å²) in [5.41, 5.74) is 4.16. The van der Waals surface area contributed by atoms with Crippen molar-refractivity contribution in [3.8, 4) is 11.3 Å². The fourth-order valence-electron chi connectivity index (χ4n) is 3.17. The predicted octanol–water partition coefficient (Wildman–Crippen LogP) is 3.91. The van der Waals surface area contributed by atoms with Gasteiger partial charge in [-0.2, -0.15) is 5.10 Å². The third-order valence-corrected chi connectivity index (χ3v) is 4.66. The molecule has 0 aliphatic rings. The van der Waals surface area contributed by atoms with Crippen LogP contribution in [-0.2, 0) is 18.4 Å². The Bertz CT molecular complexity index is 1160. The first-order valence-corrected chi connectivity index (χ1v) is 8.94. The minimum atomic E-state index is -0.464. The normalized spacial score (nSPS) is 11.1. The summed E-state index contributed by atoms with van der Waals surface area (Å²) in [5.74, 6) is 0.626. The fraction of sp³-hybridized carbons (Fsp3) is 0.238. The number of esters is 1. The summed E-state index contributed by atoms with van der Waals surface area (Å²) < 4.78 is 12.7. The van der Waals surface area contributed by atoms with Gasteiger partial charge in [-0.1, -0.05) is 30.3 Å². The zero-order chi connectivity index (χ0) is 19.8. The molecule has 142 valence electrons. The average molecular weight is 376 g/mol. The lowest BCUT2D eigenvalue weighted by molar-refractivity contribution is 0.0439. The molecule has 7 nitrogen and oxygen atoms in total. The zero-order valence-electron chi connectivity index (χ0n) is 16.2. The fourth-order valence-corrected chi connectivity index (χ4v) is 3.17.